The smallest absolute Gasteiger partial charge is 0.219 e. The van der Waals surface area contributed by atoms with Gasteiger partial charge in [0.05, 0.1) is 5.60 Å². The first-order chi connectivity index (χ1) is 7.62. The van der Waals surface area contributed by atoms with Crippen molar-refractivity contribution in [2.75, 3.05) is 20.2 Å². The second-order valence-electron chi connectivity index (χ2n) is 4.86. The van der Waals surface area contributed by atoms with Crippen LogP contribution in [0.3, 0.4) is 0 Å². The molecule has 4 heteroatoms. The number of carbonyl (C=O) groups excluding carboxylic acids is 1. The van der Waals surface area contributed by atoms with Gasteiger partial charge in [-0.05, 0) is 31.6 Å². The third kappa shape index (κ3) is 3.76. The number of nitrogens with two attached hydrogens (primary N) is 1. The van der Waals surface area contributed by atoms with E-state index in [-0.39, 0.29) is 11.5 Å². The topological polar surface area (TPSA) is 64.3 Å². The van der Waals surface area contributed by atoms with Crippen LogP contribution in [0.4, 0.5) is 0 Å². The van der Waals surface area contributed by atoms with Gasteiger partial charge >= 0.3 is 0 Å². The molecule has 3 N–H and O–H groups in total. The zero-order valence-corrected chi connectivity index (χ0v) is 10.4. The van der Waals surface area contributed by atoms with Crippen molar-refractivity contribution in [3.05, 3.63) is 0 Å². The van der Waals surface area contributed by atoms with E-state index in [1.54, 1.807) is 7.05 Å². The van der Waals surface area contributed by atoms with Crippen molar-refractivity contribution in [1.29, 1.82) is 0 Å². The Balaban J connectivity index is 2.22. The summed E-state index contributed by atoms with van der Waals surface area (Å²) in [5.41, 5.74) is 5.69. The first-order valence-corrected chi connectivity index (χ1v) is 6.16. The molecule has 0 aliphatic heterocycles. The fourth-order valence-corrected chi connectivity index (χ4v) is 2.37. The van der Waals surface area contributed by atoms with Crippen LogP contribution in [0.5, 0.6) is 0 Å². The Kier molecular flexibility index (Phi) is 5.22. The zero-order valence-electron chi connectivity index (χ0n) is 10.4. The quantitative estimate of drug-likeness (QED) is 0.668. The highest BCUT2D eigenvalue weighted by Crippen LogP contribution is 2.36. The highest BCUT2D eigenvalue weighted by Gasteiger charge is 2.36. The predicted molar refractivity (Wildman–Crippen MR) is 64.1 cm³/mol. The van der Waals surface area contributed by atoms with E-state index in [4.69, 9.17) is 10.5 Å². The molecular weight excluding hydrogens is 204 g/mol. The normalized spacial score (nSPS) is 29.3. The number of nitrogens with one attached hydrogen (secondary N) is 1. The van der Waals surface area contributed by atoms with Crippen molar-refractivity contribution in [2.45, 2.75) is 44.6 Å². The summed E-state index contributed by atoms with van der Waals surface area (Å²) in [6, 6.07) is 0. The summed E-state index contributed by atoms with van der Waals surface area (Å²) in [7, 11) is 1.66. The van der Waals surface area contributed by atoms with Crippen LogP contribution in [0.15, 0.2) is 0 Å². The standard InChI is InChI=1S/C12H24N2O2/c1-10-5-6-12(8-10,9-13)16-7-3-4-11(15)14-2/h10H,3-9,13H2,1-2H3,(H,14,15). The summed E-state index contributed by atoms with van der Waals surface area (Å²) in [6.07, 6.45) is 4.63. The molecule has 16 heavy (non-hydrogen) atoms. The highest BCUT2D eigenvalue weighted by atomic mass is 16.5. The van der Waals surface area contributed by atoms with Gasteiger partial charge in [-0.2, -0.15) is 0 Å². The fourth-order valence-electron chi connectivity index (χ4n) is 2.37. The molecule has 0 aromatic heterocycles. The third-order valence-electron chi connectivity index (χ3n) is 3.42. The average Bonchev–Trinajstić information content (AvgIpc) is 2.67. The molecule has 0 radical (unpaired) electrons. The highest BCUT2D eigenvalue weighted by molar-refractivity contribution is 5.75. The summed E-state index contributed by atoms with van der Waals surface area (Å²) in [6.45, 7) is 3.47. The van der Waals surface area contributed by atoms with Crippen molar-refractivity contribution < 1.29 is 9.53 Å². The number of rotatable bonds is 6. The van der Waals surface area contributed by atoms with Gasteiger partial charge in [-0.15, -0.1) is 0 Å². The van der Waals surface area contributed by atoms with Gasteiger partial charge in [-0.3, -0.25) is 4.79 Å². The molecule has 0 spiro atoms. The monoisotopic (exact) mass is 228 g/mol. The van der Waals surface area contributed by atoms with Crippen molar-refractivity contribution in [3.8, 4) is 0 Å². The number of amides is 1. The lowest BCUT2D eigenvalue weighted by atomic mass is 10.0. The van der Waals surface area contributed by atoms with E-state index in [0.29, 0.717) is 25.5 Å². The Labute approximate surface area is 97.9 Å². The van der Waals surface area contributed by atoms with E-state index in [2.05, 4.69) is 12.2 Å². The summed E-state index contributed by atoms with van der Waals surface area (Å²) in [5, 5.41) is 2.60. The first-order valence-electron chi connectivity index (χ1n) is 6.16. The second-order valence-corrected chi connectivity index (χ2v) is 4.86. The molecule has 2 atom stereocenters. The maximum atomic E-state index is 11.0. The van der Waals surface area contributed by atoms with E-state index in [1.165, 1.54) is 6.42 Å². The Morgan fingerprint density at radius 1 is 1.62 bits per heavy atom. The van der Waals surface area contributed by atoms with Gasteiger partial charge in [0, 0.05) is 26.6 Å². The number of ether oxygens (including phenoxy) is 1. The molecule has 1 rings (SSSR count). The van der Waals surface area contributed by atoms with Crippen molar-refractivity contribution >= 4 is 5.91 Å². The lowest BCUT2D eigenvalue weighted by Crippen LogP contribution is -2.38. The molecule has 0 aromatic rings. The second kappa shape index (κ2) is 6.21. The fraction of sp³-hybridized carbons (Fsp3) is 0.917. The Bertz CT molecular complexity index is 233. The Morgan fingerprint density at radius 3 is 2.88 bits per heavy atom. The van der Waals surface area contributed by atoms with Gasteiger partial charge in [-0.1, -0.05) is 6.92 Å². The van der Waals surface area contributed by atoms with Gasteiger partial charge in [0.2, 0.25) is 5.91 Å². The Hall–Kier alpha value is -0.610. The van der Waals surface area contributed by atoms with E-state index < -0.39 is 0 Å². The summed E-state index contributed by atoms with van der Waals surface area (Å²) in [4.78, 5) is 11.0. The molecule has 0 heterocycles. The number of hydrogen-bond donors (Lipinski definition) is 2. The molecule has 1 aliphatic rings. The molecule has 0 saturated heterocycles. The molecule has 2 unspecified atom stereocenters. The minimum Gasteiger partial charge on any atom is -0.374 e. The molecule has 94 valence electrons. The van der Waals surface area contributed by atoms with Crippen LogP contribution in [0.2, 0.25) is 0 Å². The molecule has 1 fully saturated rings. The van der Waals surface area contributed by atoms with E-state index in [1.807, 2.05) is 0 Å². The van der Waals surface area contributed by atoms with Gasteiger partial charge in [0.25, 0.3) is 0 Å². The lowest BCUT2D eigenvalue weighted by Gasteiger charge is -2.28. The van der Waals surface area contributed by atoms with Crippen LogP contribution in [0.25, 0.3) is 0 Å². The maximum absolute atomic E-state index is 11.0. The minimum atomic E-state index is -0.109. The molecule has 1 amide bonds. The SMILES string of the molecule is CNC(=O)CCCOC1(CN)CCC(C)C1. The van der Waals surface area contributed by atoms with Crippen LogP contribution < -0.4 is 11.1 Å². The largest absolute Gasteiger partial charge is 0.374 e. The number of hydrogen-bond acceptors (Lipinski definition) is 3. The average molecular weight is 228 g/mol. The van der Waals surface area contributed by atoms with Gasteiger partial charge in [0.1, 0.15) is 0 Å². The molecule has 0 aromatic carbocycles. The molecular formula is C12H24N2O2. The molecule has 1 aliphatic carbocycles. The van der Waals surface area contributed by atoms with Crippen molar-refractivity contribution in [2.24, 2.45) is 11.7 Å². The molecule has 0 bridgehead atoms. The third-order valence-corrected chi connectivity index (χ3v) is 3.42. The molecule has 4 nitrogen and oxygen atoms in total. The van der Waals surface area contributed by atoms with Crippen molar-refractivity contribution in [1.82, 2.24) is 5.32 Å². The lowest BCUT2D eigenvalue weighted by molar-refractivity contribution is -0.121. The van der Waals surface area contributed by atoms with Crippen LogP contribution >= 0.6 is 0 Å². The van der Waals surface area contributed by atoms with Crippen LogP contribution in [0.1, 0.15) is 39.0 Å². The summed E-state index contributed by atoms with van der Waals surface area (Å²) >= 11 is 0. The van der Waals surface area contributed by atoms with Crippen LogP contribution in [-0.4, -0.2) is 31.7 Å². The Morgan fingerprint density at radius 2 is 2.38 bits per heavy atom. The van der Waals surface area contributed by atoms with Crippen LogP contribution in [-0.2, 0) is 9.53 Å². The first kappa shape index (κ1) is 13.5. The summed E-state index contributed by atoms with van der Waals surface area (Å²) in [5.74, 6) is 0.785. The molecule has 1 saturated carbocycles. The van der Waals surface area contributed by atoms with E-state index in [9.17, 15) is 4.79 Å². The predicted octanol–water partition coefficient (Wildman–Crippen LogP) is 1.05. The van der Waals surface area contributed by atoms with Gasteiger partial charge in [0.15, 0.2) is 0 Å². The van der Waals surface area contributed by atoms with Gasteiger partial charge < -0.3 is 15.8 Å². The van der Waals surface area contributed by atoms with E-state index >= 15 is 0 Å². The summed E-state index contributed by atoms with van der Waals surface area (Å²) < 4.78 is 5.90. The maximum Gasteiger partial charge on any atom is 0.219 e. The van der Waals surface area contributed by atoms with E-state index in [0.717, 1.165) is 19.3 Å². The minimum absolute atomic E-state index is 0.0742. The number of carbonyl (C=O) groups is 1. The van der Waals surface area contributed by atoms with Crippen LogP contribution in [0, 0.1) is 5.92 Å². The van der Waals surface area contributed by atoms with Crippen molar-refractivity contribution in [3.63, 3.8) is 0 Å². The van der Waals surface area contributed by atoms with Gasteiger partial charge in [-0.25, -0.2) is 0 Å². The zero-order chi connectivity index (χ0) is 12.0.